The molecule has 59 heavy (non-hydrogen) atoms. The van der Waals surface area contributed by atoms with Gasteiger partial charge in [-0.05, 0) is 109 Å². The second-order valence-electron chi connectivity index (χ2n) is 16.6. The Hall–Kier alpha value is -5.70. The second kappa shape index (κ2) is 16.5. The molecular formula is C44H54N8O7. The third-order valence-electron chi connectivity index (χ3n) is 12.9. The molecule has 4 aliphatic rings. The van der Waals surface area contributed by atoms with E-state index in [-0.39, 0.29) is 35.9 Å². The summed E-state index contributed by atoms with van der Waals surface area (Å²) in [5.74, 6) is 1.38. The van der Waals surface area contributed by atoms with Crippen molar-refractivity contribution in [2.45, 2.75) is 102 Å². The predicted molar refractivity (Wildman–Crippen MR) is 219 cm³/mol. The quantitative estimate of drug-likeness (QED) is 0.139. The van der Waals surface area contributed by atoms with E-state index in [1.807, 2.05) is 31.1 Å². The van der Waals surface area contributed by atoms with E-state index in [4.69, 9.17) is 24.2 Å². The summed E-state index contributed by atoms with van der Waals surface area (Å²) in [4.78, 5) is 72.3. The van der Waals surface area contributed by atoms with Crippen molar-refractivity contribution in [3.8, 4) is 33.6 Å². The Labute approximate surface area is 344 Å². The number of piperidine rings is 1. The van der Waals surface area contributed by atoms with Crippen molar-refractivity contribution >= 4 is 24.0 Å². The van der Waals surface area contributed by atoms with Crippen LogP contribution in [0.4, 0.5) is 9.59 Å². The number of amides is 4. The minimum absolute atomic E-state index is 0.0889. The standard InChI is InChI=1S/C44H54N8O7/c1-23(2)36(49-43(55)58-5)42(54)52-30-14-11-29(20-30)38(52)40-46-22-34(48-40)28-13-16-32-26(19-28)10-9-25-18-27(12-15-31(25)32)33-21-45-39(47-33)35-8-7-17-51(35)41(53)37(24(3)57-4)50-44(56)59-6/h12-13,15-16,18-19,21-24,29-30,35-38H,7-11,14,17,20H2,1-6H3,(H,45,47)(H,46,48)(H,49,55)(H,50,56)/t24?,29-,30+,35-,36-,37-,38-/m0/s1. The van der Waals surface area contributed by atoms with Crippen molar-refractivity contribution < 1.29 is 33.4 Å². The zero-order valence-corrected chi connectivity index (χ0v) is 34.5. The third-order valence-corrected chi connectivity index (χ3v) is 12.9. The van der Waals surface area contributed by atoms with Gasteiger partial charge in [0.05, 0.1) is 56.2 Å². The molecule has 0 radical (unpaired) electrons. The number of fused-ring (bicyclic) bond motifs is 5. The summed E-state index contributed by atoms with van der Waals surface area (Å²) < 4.78 is 15.0. The number of methoxy groups -OCH3 is 3. The maximum absolute atomic E-state index is 14.0. The highest BCUT2D eigenvalue weighted by atomic mass is 16.5. The molecule has 1 unspecified atom stereocenters. The van der Waals surface area contributed by atoms with Gasteiger partial charge in [-0.3, -0.25) is 9.59 Å². The third kappa shape index (κ3) is 7.56. The fourth-order valence-corrected chi connectivity index (χ4v) is 9.73. The molecule has 4 heterocycles. The number of carbonyl (C=O) groups is 4. The number of aryl methyl sites for hydroxylation is 2. The number of ether oxygens (including phenoxy) is 3. The smallest absolute Gasteiger partial charge is 0.407 e. The number of nitrogens with zero attached hydrogens (tertiary/aromatic N) is 4. The van der Waals surface area contributed by atoms with Gasteiger partial charge in [0.25, 0.3) is 0 Å². The highest BCUT2D eigenvalue weighted by Crippen LogP contribution is 2.50. The number of H-pyrrole nitrogens is 2. The summed E-state index contributed by atoms with van der Waals surface area (Å²) in [5.41, 5.74) is 8.79. The number of rotatable bonds is 11. The van der Waals surface area contributed by atoms with Crippen LogP contribution < -0.4 is 10.6 Å². The van der Waals surface area contributed by atoms with Crippen molar-refractivity contribution in [2.75, 3.05) is 27.9 Å². The topological polar surface area (TPSA) is 184 Å². The number of benzene rings is 2. The average molecular weight is 807 g/mol. The van der Waals surface area contributed by atoms with E-state index in [2.05, 4.69) is 57.0 Å². The maximum atomic E-state index is 14.0. The van der Waals surface area contributed by atoms with Gasteiger partial charge in [0, 0.05) is 19.7 Å². The molecular weight excluding hydrogens is 753 g/mol. The zero-order valence-electron chi connectivity index (χ0n) is 34.5. The highest BCUT2D eigenvalue weighted by Gasteiger charge is 2.51. The van der Waals surface area contributed by atoms with Crippen LogP contribution in [0.25, 0.3) is 33.6 Å². The first kappa shape index (κ1) is 40.1. The van der Waals surface area contributed by atoms with Crippen LogP contribution in [-0.2, 0) is 36.6 Å². The Morgan fingerprint density at radius 1 is 0.763 bits per heavy atom. The Balaban J connectivity index is 0.982. The van der Waals surface area contributed by atoms with Crippen LogP contribution in [0.15, 0.2) is 48.8 Å². The SMILES string of the molecule is COC(=O)N[C@H](C(=O)N1[C@@H]2CC[C@@H](C2)[C@H]1c1ncc(-c2ccc3c(c2)CCc2cc(-c4cnc([C@@H]5CCCN5C(=O)[C@@H](NC(=O)OC)C(C)OC)[nH]4)ccc2-3)[nH]1)C(C)C. The molecule has 4 amide bonds. The summed E-state index contributed by atoms with van der Waals surface area (Å²) in [5, 5.41) is 5.41. The summed E-state index contributed by atoms with van der Waals surface area (Å²) >= 11 is 0. The molecule has 4 N–H and O–H groups in total. The lowest BCUT2D eigenvalue weighted by Crippen LogP contribution is -2.54. The van der Waals surface area contributed by atoms with Crippen LogP contribution >= 0.6 is 0 Å². The van der Waals surface area contributed by atoms with Crippen LogP contribution in [0.5, 0.6) is 0 Å². The van der Waals surface area contributed by atoms with Gasteiger partial charge in [0.1, 0.15) is 23.7 Å². The van der Waals surface area contributed by atoms with E-state index < -0.39 is 30.4 Å². The first-order valence-corrected chi connectivity index (χ1v) is 20.7. The van der Waals surface area contributed by atoms with Crippen LogP contribution in [0.1, 0.15) is 87.7 Å². The van der Waals surface area contributed by atoms with Crippen molar-refractivity contribution in [3.05, 3.63) is 71.6 Å². The van der Waals surface area contributed by atoms with Gasteiger partial charge in [-0.1, -0.05) is 38.1 Å². The van der Waals surface area contributed by atoms with Gasteiger partial charge < -0.3 is 44.6 Å². The molecule has 312 valence electrons. The van der Waals surface area contributed by atoms with E-state index >= 15 is 0 Å². The molecule has 7 atom stereocenters. The Morgan fingerprint density at radius 2 is 1.36 bits per heavy atom. The first-order valence-electron chi connectivity index (χ1n) is 20.7. The van der Waals surface area contributed by atoms with Gasteiger partial charge in [-0.2, -0.15) is 0 Å². The number of alkyl carbamates (subject to hydrolysis) is 2. The van der Waals surface area contributed by atoms with Gasteiger partial charge >= 0.3 is 12.2 Å². The lowest BCUT2D eigenvalue weighted by molar-refractivity contribution is -0.139. The maximum Gasteiger partial charge on any atom is 0.407 e. The van der Waals surface area contributed by atoms with Gasteiger partial charge in [-0.25, -0.2) is 19.6 Å². The van der Waals surface area contributed by atoms with E-state index in [1.54, 1.807) is 11.8 Å². The van der Waals surface area contributed by atoms with Gasteiger partial charge in [0.15, 0.2) is 0 Å². The number of hydrogen-bond acceptors (Lipinski definition) is 9. The second-order valence-corrected chi connectivity index (χ2v) is 16.6. The fraction of sp³-hybridized carbons (Fsp3) is 0.500. The molecule has 15 nitrogen and oxygen atoms in total. The van der Waals surface area contributed by atoms with Crippen molar-refractivity contribution in [2.24, 2.45) is 11.8 Å². The predicted octanol–water partition coefficient (Wildman–Crippen LogP) is 6.09. The fourth-order valence-electron chi connectivity index (χ4n) is 9.73. The van der Waals surface area contributed by atoms with Crippen LogP contribution in [0.3, 0.4) is 0 Å². The molecule has 2 bridgehead atoms. The summed E-state index contributed by atoms with van der Waals surface area (Å²) in [7, 11) is 4.08. The first-order chi connectivity index (χ1) is 28.5. The molecule has 0 spiro atoms. The van der Waals surface area contributed by atoms with E-state index in [0.29, 0.717) is 18.3 Å². The number of aromatic amines is 2. The normalized spacial score (nSPS) is 22.1. The molecule has 2 aromatic carbocycles. The van der Waals surface area contributed by atoms with Crippen LogP contribution in [-0.4, -0.2) is 106 Å². The van der Waals surface area contributed by atoms with Crippen LogP contribution in [0, 0.1) is 11.8 Å². The summed E-state index contributed by atoms with van der Waals surface area (Å²) in [6, 6.07) is 11.2. The van der Waals surface area contributed by atoms with E-state index in [0.717, 1.165) is 73.3 Å². The highest BCUT2D eigenvalue weighted by molar-refractivity contribution is 5.88. The van der Waals surface area contributed by atoms with Gasteiger partial charge in [-0.15, -0.1) is 0 Å². The Bertz CT molecular complexity index is 2230. The number of nitrogens with one attached hydrogen (secondary N) is 4. The Kier molecular flexibility index (Phi) is 11.2. The summed E-state index contributed by atoms with van der Waals surface area (Å²) in [6.45, 7) is 6.16. The largest absolute Gasteiger partial charge is 0.453 e. The number of aromatic nitrogens is 4. The molecule has 2 saturated heterocycles. The van der Waals surface area contributed by atoms with Crippen molar-refractivity contribution in [1.29, 1.82) is 0 Å². The van der Waals surface area contributed by atoms with Crippen molar-refractivity contribution in [1.82, 2.24) is 40.4 Å². The monoisotopic (exact) mass is 806 g/mol. The lowest BCUT2D eigenvalue weighted by Gasteiger charge is -2.37. The zero-order chi connectivity index (χ0) is 41.5. The van der Waals surface area contributed by atoms with E-state index in [9.17, 15) is 19.2 Å². The minimum Gasteiger partial charge on any atom is -0.453 e. The molecule has 1 saturated carbocycles. The molecule has 8 rings (SSSR count). The molecule has 2 aromatic heterocycles. The Morgan fingerprint density at radius 3 is 1.95 bits per heavy atom. The molecule has 2 aliphatic carbocycles. The van der Waals surface area contributed by atoms with Crippen LogP contribution in [0.2, 0.25) is 0 Å². The van der Waals surface area contributed by atoms with Crippen molar-refractivity contribution in [3.63, 3.8) is 0 Å². The lowest BCUT2D eigenvalue weighted by atomic mass is 9.83. The average Bonchev–Trinajstić information content (AvgIpc) is 4.11. The number of imidazole rings is 2. The summed E-state index contributed by atoms with van der Waals surface area (Å²) in [6.07, 6.45) is 8.12. The number of carbonyl (C=O) groups excluding carboxylic acids is 4. The number of likely N-dealkylation sites (tertiary alicyclic amines) is 2. The van der Waals surface area contributed by atoms with Gasteiger partial charge in [0.2, 0.25) is 11.8 Å². The molecule has 4 aromatic rings. The minimum atomic E-state index is -0.892. The number of hydrogen-bond donors (Lipinski definition) is 4. The van der Waals surface area contributed by atoms with E-state index in [1.165, 1.54) is 43.6 Å². The molecule has 15 heteroatoms. The molecule has 2 aliphatic heterocycles. The molecule has 3 fully saturated rings.